The lowest BCUT2D eigenvalue weighted by Gasteiger charge is -2.01. The van der Waals surface area contributed by atoms with Gasteiger partial charge in [0.25, 0.3) is 0 Å². The molecule has 0 radical (unpaired) electrons. The lowest BCUT2D eigenvalue weighted by atomic mass is 10.0. The SMILES string of the molecule is CCCCc1cc2ccc(C(=O)c3ccc(O)cc3)cc2o1. The third-order valence-electron chi connectivity index (χ3n) is 3.74. The summed E-state index contributed by atoms with van der Waals surface area (Å²) in [6, 6.07) is 13.8. The molecule has 3 rings (SSSR count). The number of aromatic hydroxyl groups is 1. The highest BCUT2D eigenvalue weighted by molar-refractivity contribution is 6.10. The fourth-order valence-electron chi connectivity index (χ4n) is 2.48. The molecule has 0 saturated carbocycles. The molecule has 1 N–H and O–H groups in total. The molecular weight excluding hydrogens is 276 g/mol. The number of fused-ring (bicyclic) bond motifs is 1. The maximum atomic E-state index is 12.5. The van der Waals surface area contributed by atoms with Gasteiger partial charge in [0.05, 0.1) is 0 Å². The van der Waals surface area contributed by atoms with E-state index in [0.717, 1.165) is 36.0 Å². The van der Waals surface area contributed by atoms with Gasteiger partial charge in [-0.2, -0.15) is 0 Å². The molecule has 0 aliphatic rings. The Kier molecular flexibility index (Phi) is 3.96. The lowest BCUT2D eigenvalue weighted by molar-refractivity contribution is 0.103. The van der Waals surface area contributed by atoms with E-state index in [-0.39, 0.29) is 11.5 Å². The number of phenolic OH excluding ortho intramolecular Hbond substituents is 1. The van der Waals surface area contributed by atoms with Crippen LogP contribution in [0, 0.1) is 0 Å². The Labute approximate surface area is 129 Å². The topological polar surface area (TPSA) is 50.4 Å². The second-order valence-electron chi connectivity index (χ2n) is 5.44. The summed E-state index contributed by atoms with van der Waals surface area (Å²) in [5, 5.41) is 10.3. The van der Waals surface area contributed by atoms with E-state index in [0.29, 0.717) is 11.1 Å². The molecule has 1 heterocycles. The predicted octanol–water partition coefficient (Wildman–Crippen LogP) is 4.71. The smallest absolute Gasteiger partial charge is 0.193 e. The van der Waals surface area contributed by atoms with Crippen molar-refractivity contribution in [1.82, 2.24) is 0 Å². The number of ketones is 1. The molecule has 0 aliphatic heterocycles. The molecule has 0 bridgehead atoms. The summed E-state index contributed by atoms with van der Waals surface area (Å²) in [5.41, 5.74) is 1.89. The molecule has 3 nitrogen and oxygen atoms in total. The van der Waals surface area contributed by atoms with Gasteiger partial charge in [-0.1, -0.05) is 25.5 Å². The number of hydrogen-bond donors (Lipinski definition) is 1. The van der Waals surface area contributed by atoms with Crippen molar-refractivity contribution in [1.29, 1.82) is 0 Å². The van der Waals surface area contributed by atoms with Crippen molar-refractivity contribution in [2.75, 3.05) is 0 Å². The van der Waals surface area contributed by atoms with E-state index in [1.54, 1.807) is 18.2 Å². The molecule has 1 aromatic heterocycles. The molecule has 2 aromatic carbocycles. The highest BCUT2D eigenvalue weighted by Crippen LogP contribution is 2.23. The van der Waals surface area contributed by atoms with E-state index in [1.807, 2.05) is 18.2 Å². The summed E-state index contributed by atoms with van der Waals surface area (Å²) in [7, 11) is 0. The minimum absolute atomic E-state index is 0.0755. The number of carbonyl (C=O) groups is 1. The van der Waals surface area contributed by atoms with E-state index in [4.69, 9.17) is 4.42 Å². The van der Waals surface area contributed by atoms with Crippen LogP contribution in [0.4, 0.5) is 0 Å². The fraction of sp³-hybridized carbons (Fsp3) is 0.211. The van der Waals surface area contributed by atoms with Crippen molar-refractivity contribution in [2.24, 2.45) is 0 Å². The fourth-order valence-corrected chi connectivity index (χ4v) is 2.48. The van der Waals surface area contributed by atoms with Gasteiger partial charge < -0.3 is 9.52 Å². The van der Waals surface area contributed by atoms with Gasteiger partial charge in [0.2, 0.25) is 0 Å². The Morgan fingerprint density at radius 2 is 1.77 bits per heavy atom. The van der Waals surface area contributed by atoms with Gasteiger partial charge in [-0.3, -0.25) is 4.79 Å². The van der Waals surface area contributed by atoms with Crippen LogP contribution in [0.25, 0.3) is 11.0 Å². The van der Waals surface area contributed by atoms with Crippen molar-refractivity contribution in [3.05, 3.63) is 65.4 Å². The lowest BCUT2D eigenvalue weighted by Crippen LogP contribution is -2.00. The third-order valence-corrected chi connectivity index (χ3v) is 3.74. The number of rotatable bonds is 5. The molecule has 22 heavy (non-hydrogen) atoms. The van der Waals surface area contributed by atoms with E-state index in [1.165, 1.54) is 12.1 Å². The van der Waals surface area contributed by atoms with Crippen LogP contribution in [0.5, 0.6) is 5.75 Å². The molecule has 0 aliphatic carbocycles. The summed E-state index contributed by atoms with van der Waals surface area (Å²) >= 11 is 0. The van der Waals surface area contributed by atoms with Crippen molar-refractivity contribution in [2.45, 2.75) is 26.2 Å². The second-order valence-corrected chi connectivity index (χ2v) is 5.44. The van der Waals surface area contributed by atoms with Crippen LogP contribution in [-0.4, -0.2) is 10.9 Å². The van der Waals surface area contributed by atoms with Crippen LogP contribution in [0.2, 0.25) is 0 Å². The van der Waals surface area contributed by atoms with Crippen molar-refractivity contribution < 1.29 is 14.3 Å². The second kappa shape index (κ2) is 6.06. The van der Waals surface area contributed by atoms with Gasteiger partial charge in [-0.25, -0.2) is 0 Å². The average molecular weight is 294 g/mol. The molecule has 0 saturated heterocycles. The number of benzene rings is 2. The first-order chi connectivity index (χ1) is 10.7. The Morgan fingerprint density at radius 3 is 2.50 bits per heavy atom. The zero-order valence-electron chi connectivity index (χ0n) is 12.5. The summed E-state index contributed by atoms with van der Waals surface area (Å²) in [6.45, 7) is 2.15. The van der Waals surface area contributed by atoms with Crippen LogP contribution in [0.15, 0.2) is 52.9 Å². The number of furan rings is 1. The average Bonchev–Trinajstić information content (AvgIpc) is 2.94. The highest BCUT2D eigenvalue weighted by Gasteiger charge is 2.11. The Bertz CT molecular complexity index is 797. The zero-order chi connectivity index (χ0) is 15.5. The van der Waals surface area contributed by atoms with E-state index in [2.05, 4.69) is 6.92 Å². The molecule has 0 unspecified atom stereocenters. The van der Waals surface area contributed by atoms with Crippen molar-refractivity contribution >= 4 is 16.8 Å². The van der Waals surface area contributed by atoms with Crippen molar-refractivity contribution in [3.63, 3.8) is 0 Å². The maximum absolute atomic E-state index is 12.5. The molecule has 3 heteroatoms. The summed E-state index contributed by atoms with van der Waals surface area (Å²) < 4.78 is 5.82. The standard InChI is InChI=1S/C19H18O3/c1-2-3-4-17-11-14-5-6-15(12-18(14)22-17)19(21)13-7-9-16(20)10-8-13/h5-12,20H,2-4H2,1H3. The summed E-state index contributed by atoms with van der Waals surface area (Å²) in [6.07, 6.45) is 3.15. The first kappa shape index (κ1) is 14.4. The van der Waals surface area contributed by atoms with Gasteiger partial charge in [0, 0.05) is 22.9 Å². The Morgan fingerprint density at radius 1 is 1.05 bits per heavy atom. The zero-order valence-corrected chi connectivity index (χ0v) is 12.5. The van der Waals surface area contributed by atoms with E-state index < -0.39 is 0 Å². The number of hydrogen-bond acceptors (Lipinski definition) is 3. The summed E-state index contributed by atoms with van der Waals surface area (Å²) in [4.78, 5) is 12.5. The minimum atomic E-state index is -0.0755. The summed E-state index contributed by atoms with van der Waals surface area (Å²) in [5.74, 6) is 1.04. The predicted molar refractivity (Wildman–Crippen MR) is 86.4 cm³/mol. The Balaban J connectivity index is 1.90. The molecule has 0 amide bonds. The largest absolute Gasteiger partial charge is 0.508 e. The molecule has 0 atom stereocenters. The van der Waals surface area contributed by atoms with Gasteiger partial charge in [0.1, 0.15) is 17.1 Å². The third kappa shape index (κ3) is 2.89. The van der Waals surface area contributed by atoms with Gasteiger partial charge >= 0.3 is 0 Å². The van der Waals surface area contributed by atoms with Gasteiger partial charge in [-0.05, 0) is 42.8 Å². The number of unbranched alkanes of at least 4 members (excludes halogenated alkanes) is 1. The van der Waals surface area contributed by atoms with Crippen LogP contribution >= 0.6 is 0 Å². The number of carbonyl (C=O) groups excluding carboxylic acids is 1. The van der Waals surface area contributed by atoms with Crippen LogP contribution < -0.4 is 0 Å². The first-order valence-electron chi connectivity index (χ1n) is 7.53. The molecule has 0 fully saturated rings. The number of phenols is 1. The monoisotopic (exact) mass is 294 g/mol. The molecular formula is C19H18O3. The van der Waals surface area contributed by atoms with Gasteiger partial charge in [0.15, 0.2) is 5.78 Å². The van der Waals surface area contributed by atoms with Crippen LogP contribution in [-0.2, 0) is 6.42 Å². The maximum Gasteiger partial charge on any atom is 0.193 e. The number of aryl methyl sites for hydroxylation is 1. The van der Waals surface area contributed by atoms with Crippen LogP contribution in [0.1, 0.15) is 41.4 Å². The van der Waals surface area contributed by atoms with E-state index >= 15 is 0 Å². The highest BCUT2D eigenvalue weighted by atomic mass is 16.3. The van der Waals surface area contributed by atoms with Crippen LogP contribution in [0.3, 0.4) is 0 Å². The first-order valence-corrected chi connectivity index (χ1v) is 7.53. The molecule has 0 spiro atoms. The minimum Gasteiger partial charge on any atom is -0.508 e. The van der Waals surface area contributed by atoms with Gasteiger partial charge in [-0.15, -0.1) is 0 Å². The Hall–Kier alpha value is -2.55. The normalized spacial score (nSPS) is 11.0. The van der Waals surface area contributed by atoms with E-state index in [9.17, 15) is 9.90 Å². The quantitative estimate of drug-likeness (QED) is 0.693. The molecule has 112 valence electrons. The van der Waals surface area contributed by atoms with Crippen molar-refractivity contribution in [3.8, 4) is 5.75 Å². The molecule has 3 aromatic rings.